The molecule has 5 aliphatic rings. The number of aryl methyl sites for hydroxylation is 1. The summed E-state index contributed by atoms with van der Waals surface area (Å²) in [4.78, 5) is 25.8. The van der Waals surface area contributed by atoms with Crippen molar-refractivity contribution in [2.45, 2.75) is 56.8 Å². The molecule has 5 aliphatic heterocycles. The number of H-pyrrole nitrogens is 1. The average Bonchev–Trinajstić information content (AvgIpc) is 3.68. The third-order valence-corrected chi connectivity index (χ3v) is 9.99. The minimum atomic E-state index is -0.953. The highest BCUT2D eigenvalue weighted by atomic mass is 19.1. The van der Waals surface area contributed by atoms with Crippen LogP contribution in [0.1, 0.15) is 36.8 Å². The lowest BCUT2D eigenvalue weighted by Crippen LogP contribution is -2.43. The monoisotopic (exact) mass is 652 g/mol. The molecule has 0 amide bonds. The zero-order valence-electron chi connectivity index (χ0n) is 26.0. The molecular weight excluding hydrogens is 617 g/mol. The van der Waals surface area contributed by atoms with Crippen molar-refractivity contribution in [3.8, 4) is 17.1 Å². The second-order valence-electron chi connectivity index (χ2n) is 13.0. The molecule has 2 aromatic heterocycles. The van der Waals surface area contributed by atoms with Crippen molar-refractivity contribution in [2.24, 2.45) is 0 Å². The van der Waals surface area contributed by atoms with Gasteiger partial charge in [-0.15, -0.1) is 0 Å². The van der Waals surface area contributed by atoms with E-state index in [1.807, 2.05) is 13.0 Å². The van der Waals surface area contributed by atoms with E-state index in [0.29, 0.717) is 54.4 Å². The van der Waals surface area contributed by atoms with E-state index in [-0.39, 0.29) is 61.3 Å². The molecule has 7 heterocycles. The Morgan fingerprint density at radius 3 is 2.89 bits per heavy atom. The van der Waals surface area contributed by atoms with Gasteiger partial charge in [-0.1, -0.05) is 0 Å². The molecule has 11 nitrogen and oxygen atoms in total. The number of carbonyl (C=O) groups is 1. The predicted octanol–water partition coefficient (Wildman–Crippen LogP) is 5.02. The van der Waals surface area contributed by atoms with Gasteiger partial charge in [-0.3, -0.25) is 10.00 Å². The zero-order valence-corrected chi connectivity index (χ0v) is 26.0. The maximum Gasteiger partial charge on any atom is 0.508 e. The molecular formula is C33H35F3N6O5. The first-order valence-electron chi connectivity index (χ1n) is 16.1. The number of alkyl halides is 1. The number of anilines is 1. The zero-order chi connectivity index (χ0) is 32.3. The van der Waals surface area contributed by atoms with E-state index in [2.05, 4.69) is 25.1 Å². The molecule has 0 saturated carbocycles. The van der Waals surface area contributed by atoms with Crippen LogP contribution >= 0.6 is 0 Å². The van der Waals surface area contributed by atoms with Crippen LogP contribution in [0.25, 0.3) is 32.9 Å². The van der Waals surface area contributed by atoms with Crippen LogP contribution < -0.4 is 9.64 Å². The second kappa shape index (κ2) is 11.8. The molecule has 3 fully saturated rings. The number of aromatic amines is 1. The Bertz CT molecular complexity index is 1870. The van der Waals surface area contributed by atoms with Gasteiger partial charge in [0.05, 0.1) is 49.2 Å². The van der Waals surface area contributed by atoms with E-state index in [0.717, 1.165) is 24.9 Å². The smallest absolute Gasteiger partial charge is 0.461 e. The predicted molar refractivity (Wildman–Crippen MR) is 165 cm³/mol. The first kappa shape index (κ1) is 30.2. The first-order valence-corrected chi connectivity index (χ1v) is 16.1. The topological polar surface area (TPSA) is 115 Å². The first-order chi connectivity index (χ1) is 22.8. The molecule has 4 aromatic rings. The fourth-order valence-corrected chi connectivity index (χ4v) is 7.84. The maximum atomic E-state index is 17.1. The summed E-state index contributed by atoms with van der Waals surface area (Å²) >= 11 is 0. The normalized spacial score (nSPS) is 25.2. The number of hydrogen-bond acceptors (Lipinski definition) is 10. The van der Waals surface area contributed by atoms with Crippen molar-refractivity contribution in [3.05, 3.63) is 41.1 Å². The molecule has 248 valence electrons. The van der Waals surface area contributed by atoms with Crippen LogP contribution in [0.4, 0.5) is 23.8 Å². The van der Waals surface area contributed by atoms with E-state index < -0.39 is 35.6 Å². The van der Waals surface area contributed by atoms with Crippen LogP contribution in [0.2, 0.25) is 0 Å². The van der Waals surface area contributed by atoms with E-state index in [9.17, 15) is 9.18 Å². The lowest BCUT2D eigenvalue weighted by molar-refractivity contribution is -0.00448. The van der Waals surface area contributed by atoms with Gasteiger partial charge in [-0.05, 0) is 62.4 Å². The summed E-state index contributed by atoms with van der Waals surface area (Å²) in [5.74, 6) is -1.42. The van der Waals surface area contributed by atoms with Crippen molar-refractivity contribution in [2.75, 3.05) is 57.5 Å². The van der Waals surface area contributed by atoms with Crippen LogP contribution in [0.3, 0.4) is 0 Å². The van der Waals surface area contributed by atoms with E-state index >= 15 is 8.78 Å². The van der Waals surface area contributed by atoms with Gasteiger partial charge in [-0.2, -0.15) is 15.1 Å². The average molecular weight is 653 g/mol. The van der Waals surface area contributed by atoms with Crippen molar-refractivity contribution >= 4 is 33.8 Å². The summed E-state index contributed by atoms with van der Waals surface area (Å²) in [6.07, 6.45) is 1.83. The Kier molecular flexibility index (Phi) is 7.59. The Labute approximate surface area is 268 Å². The number of nitrogens with one attached hydrogen (secondary N) is 1. The van der Waals surface area contributed by atoms with Gasteiger partial charge in [-0.25, -0.2) is 18.0 Å². The molecule has 2 aromatic carbocycles. The Morgan fingerprint density at radius 2 is 2.00 bits per heavy atom. The van der Waals surface area contributed by atoms with Gasteiger partial charge in [0.15, 0.2) is 5.82 Å². The van der Waals surface area contributed by atoms with Crippen LogP contribution in [0, 0.1) is 18.6 Å². The van der Waals surface area contributed by atoms with E-state index in [4.69, 9.17) is 18.9 Å². The molecule has 0 aliphatic carbocycles. The number of rotatable bonds is 3. The summed E-state index contributed by atoms with van der Waals surface area (Å²) < 4.78 is 71.0. The minimum Gasteiger partial charge on any atom is -0.461 e. The highest BCUT2D eigenvalue weighted by Crippen LogP contribution is 2.43. The largest absolute Gasteiger partial charge is 0.508 e. The van der Waals surface area contributed by atoms with Gasteiger partial charge >= 0.3 is 12.2 Å². The van der Waals surface area contributed by atoms with Crippen molar-refractivity contribution < 1.29 is 36.9 Å². The maximum absolute atomic E-state index is 17.1. The highest BCUT2D eigenvalue weighted by molar-refractivity contribution is 6.01. The number of nitrogens with zero attached hydrogens (tertiary/aromatic N) is 5. The molecule has 9 rings (SSSR count). The van der Waals surface area contributed by atoms with Crippen LogP contribution in [0.5, 0.6) is 6.01 Å². The quantitative estimate of drug-likeness (QED) is 0.303. The molecule has 6 bridgehead atoms. The lowest BCUT2D eigenvalue weighted by atomic mass is 9.89. The molecule has 1 unspecified atom stereocenters. The number of carbonyl (C=O) groups excluding carboxylic acids is 1. The van der Waals surface area contributed by atoms with Gasteiger partial charge in [0.2, 0.25) is 0 Å². The molecule has 3 saturated heterocycles. The van der Waals surface area contributed by atoms with Gasteiger partial charge in [0.25, 0.3) is 0 Å². The third kappa shape index (κ3) is 5.31. The van der Waals surface area contributed by atoms with Crippen molar-refractivity contribution in [1.82, 2.24) is 25.1 Å². The number of aromatic nitrogens is 4. The highest BCUT2D eigenvalue weighted by Gasteiger charge is 2.49. The number of halogens is 3. The van der Waals surface area contributed by atoms with Crippen molar-refractivity contribution in [1.29, 1.82) is 0 Å². The lowest BCUT2D eigenvalue weighted by Gasteiger charge is -2.31. The molecule has 3 atom stereocenters. The Hall–Kier alpha value is -4.17. The Balaban J connectivity index is 1.32. The third-order valence-electron chi connectivity index (χ3n) is 9.99. The molecule has 47 heavy (non-hydrogen) atoms. The second-order valence-corrected chi connectivity index (χ2v) is 13.0. The van der Waals surface area contributed by atoms with Gasteiger partial charge < -0.3 is 23.8 Å². The number of fused-ring (bicyclic) bond motifs is 8. The van der Waals surface area contributed by atoms with Gasteiger partial charge in [0, 0.05) is 35.8 Å². The molecule has 1 N–H and O–H groups in total. The SMILES string of the molecule is Cc1cc2[nH]ncc2c2c1CCCOC(=O)OC1COCCN(C1)c1nc(OC[C@@]34CCCN3C[C@H](F)C4)nc3c(F)c-2c(F)cc13. The summed E-state index contributed by atoms with van der Waals surface area (Å²) in [7, 11) is 0. The van der Waals surface area contributed by atoms with Gasteiger partial charge in [0.1, 0.15) is 36.0 Å². The molecule has 0 spiro atoms. The number of benzene rings is 2. The number of ether oxygens (including phenoxy) is 4. The summed E-state index contributed by atoms with van der Waals surface area (Å²) in [6.45, 7) is 3.97. The minimum absolute atomic E-state index is 0.0490. The van der Waals surface area contributed by atoms with Crippen LogP contribution in [-0.2, 0) is 20.6 Å². The summed E-state index contributed by atoms with van der Waals surface area (Å²) in [5.41, 5.74) is 1.63. The molecule has 14 heteroatoms. The van der Waals surface area contributed by atoms with Crippen LogP contribution in [-0.4, -0.2) is 102 Å². The van der Waals surface area contributed by atoms with E-state index in [1.54, 1.807) is 11.1 Å². The number of hydrogen-bond donors (Lipinski definition) is 1. The fraction of sp³-hybridized carbons (Fsp3) is 0.515. The standard InChI is InChI=1S/C33H35F3N6O5/c1-18-10-25-23(13-37-40-25)26-21(18)4-2-8-45-32(43)47-20-15-41(7-9-44-16-20)30-22-11-24(35)27(26)28(36)29(22)38-31(39-30)46-17-33-5-3-6-42(33)14-19(34)12-33/h10-11,13,19-20H,2-9,12,14-17H2,1H3,(H,37,40)/t19-,20?,33+/m1/s1. The fourth-order valence-electron chi connectivity index (χ4n) is 7.84. The van der Waals surface area contributed by atoms with Crippen LogP contribution in [0.15, 0.2) is 18.3 Å². The summed E-state index contributed by atoms with van der Waals surface area (Å²) in [6, 6.07) is 3.04. The molecule has 0 radical (unpaired) electrons. The van der Waals surface area contributed by atoms with Crippen molar-refractivity contribution in [3.63, 3.8) is 0 Å². The summed E-state index contributed by atoms with van der Waals surface area (Å²) in [5, 5.41) is 7.75. The van der Waals surface area contributed by atoms with E-state index in [1.165, 1.54) is 6.07 Å². The Morgan fingerprint density at radius 1 is 1.11 bits per heavy atom.